The second-order valence-corrected chi connectivity index (χ2v) is 1.99. The van der Waals surface area contributed by atoms with E-state index in [1.807, 2.05) is 4.98 Å². The standard InChI is InChI=1S/C5H7N3O3/c1-8-3(7-11)2-4(9)6-5(8)10/h2,7,11H,1H3,(H,6,9,10). The number of aromatic nitrogens is 2. The fourth-order valence-electron chi connectivity index (χ4n) is 0.663. The minimum Gasteiger partial charge on any atom is -0.290 e. The van der Waals surface area contributed by atoms with Gasteiger partial charge in [0.2, 0.25) is 0 Å². The van der Waals surface area contributed by atoms with Crippen molar-refractivity contribution in [2.24, 2.45) is 7.05 Å². The first-order valence-corrected chi connectivity index (χ1v) is 2.85. The van der Waals surface area contributed by atoms with Gasteiger partial charge in [-0.15, -0.1) is 0 Å². The summed E-state index contributed by atoms with van der Waals surface area (Å²) in [6.07, 6.45) is 0. The Morgan fingerprint density at radius 2 is 2.27 bits per heavy atom. The van der Waals surface area contributed by atoms with E-state index in [0.29, 0.717) is 0 Å². The van der Waals surface area contributed by atoms with Crippen LogP contribution >= 0.6 is 0 Å². The van der Waals surface area contributed by atoms with Crippen LogP contribution in [-0.4, -0.2) is 14.8 Å². The summed E-state index contributed by atoms with van der Waals surface area (Å²) < 4.78 is 1.07. The smallest absolute Gasteiger partial charge is 0.290 e. The zero-order valence-corrected chi connectivity index (χ0v) is 5.79. The number of aromatic amines is 1. The third kappa shape index (κ3) is 1.30. The molecule has 0 aliphatic carbocycles. The largest absolute Gasteiger partial charge is 0.329 e. The molecule has 0 amide bonds. The maximum Gasteiger partial charge on any atom is 0.329 e. The average molecular weight is 157 g/mol. The average Bonchev–Trinajstić information content (AvgIpc) is 1.96. The third-order valence-electron chi connectivity index (χ3n) is 1.28. The molecule has 3 N–H and O–H groups in total. The van der Waals surface area contributed by atoms with E-state index in [1.165, 1.54) is 7.05 Å². The number of nitrogens with zero attached hydrogens (tertiary/aromatic N) is 1. The van der Waals surface area contributed by atoms with E-state index in [9.17, 15) is 9.59 Å². The molecule has 0 aliphatic heterocycles. The first kappa shape index (κ1) is 7.55. The Morgan fingerprint density at radius 3 is 2.82 bits per heavy atom. The van der Waals surface area contributed by atoms with E-state index in [2.05, 4.69) is 0 Å². The van der Waals surface area contributed by atoms with Crippen molar-refractivity contribution >= 4 is 5.82 Å². The van der Waals surface area contributed by atoms with Gasteiger partial charge in [0.1, 0.15) is 5.82 Å². The van der Waals surface area contributed by atoms with Gasteiger partial charge in [-0.05, 0) is 0 Å². The van der Waals surface area contributed by atoms with Gasteiger partial charge in [0, 0.05) is 13.1 Å². The van der Waals surface area contributed by atoms with Crippen molar-refractivity contribution in [1.82, 2.24) is 9.55 Å². The lowest BCUT2D eigenvalue weighted by molar-refractivity contribution is 0.381. The normalized spacial score (nSPS) is 9.64. The number of hydrogen-bond donors (Lipinski definition) is 3. The molecule has 0 saturated heterocycles. The quantitative estimate of drug-likeness (QED) is 0.450. The van der Waals surface area contributed by atoms with Crippen molar-refractivity contribution in [3.63, 3.8) is 0 Å². The van der Waals surface area contributed by atoms with Gasteiger partial charge in [0.15, 0.2) is 0 Å². The van der Waals surface area contributed by atoms with E-state index >= 15 is 0 Å². The molecule has 1 aromatic heterocycles. The summed E-state index contributed by atoms with van der Waals surface area (Å²) in [5.41, 5.74) is 0.594. The van der Waals surface area contributed by atoms with Crippen molar-refractivity contribution in [3.8, 4) is 0 Å². The van der Waals surface area contributed by atoms with Crippen LogP contribution in [0.15, 0.2) is 15.7 Å². The van der Waals surface area contributed by atoms with Gasteiger partial charge in [-0.1, -0.05) is 0 Å². The predicted molar refractivity (Wildman–Crippen MR) is 37.7 cm³/mol. The zero-order chi connectivity index (χ0) is 8.43. The molecule has 0 unspecified atom stereocenters. The van der Waals surface area contributed by atoms with Gasteiger partial charge in [0.25, 0.3) is 5.56 Å². The summed E-state index contributed by atoms with van der Waals surface area (Å²) in [6.45, 7) is 0. The topological polar surface area (TPSA) is 87.1 Å². The maximum atomic E-state index is 10.8. The van der Waals surface area contributed by atoms with E-state index in [0.717, 1.165) is 10.6 Å². The molecule has 0 aromatic carbocycles. The molecule has 11 heavy (non-hydrogen) atoms. The fourth-order valence-corrected chi connectivity index (χ4v) is 0.663. The Labute approximate surface area is 61.1 Å². The molecule has 6 heteroatoms. The SMILES string of the molecule is Cn1c(NO)cc(=O)[nH]c1=O. The molecule has 60 valence electrons. The lowest BCUT2D eigenvalue weighted by Crippen LogP contribution is -2.29. The minimum atomic E-state index is -0.575. The summed E-state index contributed by atoms with van der Waals surface area (Å²) in [5, 5.41) is 8.40. The molecule has 0 fully saturated rings. The second kappa shape index (κ2) is 2.59. The van der Waals surface area contributed by atoms with E-state index in [-0.39, 0.29) is 5.82 Å². The molecule has 1 heterocycles. The van der Waals surface area contributed by atoms with Crippen LogP contribution in [0.1, 0.15) is 0 Å². The molecule has 0 bridgehead atoms. The van der Waals surface area contributed by atoms with Crippen molar-refractivity contribution in [1.29, 1.82) is 0 Å². The van der Waals surface area contributed by atoms with Crippen molar-refractivity contribution < 1.29 is 5.21 Å². The summed E-state index contributed by atoms with van der Waals surface area (Å²) in [4.78, 5) is 23.4. The van der Waals surface area contributed by atoms with E-state index < -0.39 is 11.2 Å². The van der Waals surface area contributed by atoms with Crippen LogP contribution in [-0.2, 0) is 7.05 Å². The monoisotopic (exact) mass is 157 g/mol. The first-order chi connectivity index (χ1) is 5.15. The Hall–Kier alpha value is -1.56. The lowest BCUT2D eigenvalue weighted by atomic mass is 10.6. The molecule has 0 spiro atoms. The van der Waals surface area contributed by atoms with Crippen LogP contribution in [0, 0.1) is 0 Å². The number of nitrogens with one attached hydrogen (secondary N) is 2. The molecule has 0 atom stereocenters. The highest BCUT2D eigenvalue weighted by molar-refractivity contribution is 5.29. The number of rotatable bonds is 1. The fraction of sp³-hybridized carbons (Fsp3) is 0.200. The summed E-state index contributed by atoms with van der Waals surface area (Å²) in [6, 6.07) is 1.07. The minimum absolute atomic E-state index is 0.0544. The third-order valence-corrected chi connectivity index (χ3v) is 1.28. The van der Waals surface area contributed by atoms with Gasteiger partial charge in [-0.25, -0.2) is 4.79 Å². The molecule has 1 aromatic rings. The highest BCUT2D eigenvalue weighted by Gasteiger charge is 1.98. The van der Waals surface area contributed by atoms with Gasteiger partial charge in [0.05, 0.1) is 0 Å². The molecular weight excluding hydrogens is 150 g/mol. The predicted octanol–water partition coefficient (Wildman–Crippen LogP) is -1.13. The summed E-state index contributed by atoms with van der Waals surface area (Å²) in [5.74, 6) is 0.0544. The molecule has 1 rings (SSSR count). The van der Waals surface area contributed by atoms with Crippen LogP contribution < -0.4 is 16.7 Å². The molecule has 0 saturated carbocycles. The molecule has 0 radical (unpaired) electrons. The van der Waals surface area contributed by atoms with Gasteiger partial charge in [-0.2, -0.15) is 0 Å². The van der Waals surface area contributed by atoms with Gasteiger partial charge in [-0.3, -0.25) is 25.0 Å². The molecule has 0 aliphatic rings. The number of anilines is 1. The number of hydrogen-bond acceptors (Lipinski definition) is 4. The molecule has 6 nitrogen and oxygen atoms in total. The lowest BCUT2D eigenvalue weighted by Gasteiger charge is -2.02. The van der Waals surface area contributed by atoms with Crippen molar-refractivity contribution in [2.75, 3.05) is 5.48 Å². The number of H-pyrrole nitrogens is 1. The summed E-state index contributed by atoms with van der Waals surface area (Å²) in [7, 11) is 1.41. The Bertz CT molecular complexity index is 364. The maximum absolute atomic E-state index is 10.8. The van der Waals surface area contributed by atoms with Crippen LogP contribution in [0.25, 0.3) is 0 Å². The second-order valence-electron chi connectivity index (χ2n) is 1.99. The van der Waals surface area contributed by atoms with Crippen LogP contribution in [0.2, 0.25) is 0 Å². The van der Waals surface area contributed by atoms with E-state index in [4.69, 9.17) is 5.21 Å². The zero-order valence-electron chi connectivity index (χ0n) is 5.79. The van der Waals surface area contributed by atoms with E-state index in [1.54, 1.807) is 5.48 Å². The highest BCUT2D eigenvalue weighted by Crippen LogP contribution is 1.92. The van der Waals surface area contributed by atoms with Crippen LogP contribution in [0.4, 0.5) is 5.82 Å². The molecular formula is C5H7N3O3. The highest BCUT2D eigenvalue weighted by atomic mass is 16.5. The Balaban J connectivity index is 3.49. The van der Waals surface area contributed by atoms with Crippen molar-refractivity contribution in [2.45, 2.75) is 0 Å². The Morgan fingerprint density at radius 1 is 1.64 bits per heavy atom. The summed E-state index contributed by atoms with van der Waals surface area (Å²) >= 11 is 0. The van der Waals surface area contributed by atoms with Gasteiger partial charge < -0.3 is 0 Å². The Kier molecular flexibility index (Phi) is 1.77. The van der Waals surface area contributed by atoms with Crippen LogP contribution in [0.5, 0.6) is 0 Å². The van der Waals surface area contributed by atoms with Gasteiger partial charge >= 0.3 is 5.69 Å². The van der Waals surface area contributed by atoms with Crippen LogP contribution in [0.3, 0.4) is 0 Å². The first-order valence-electron chi connectivity index (χ1n) is 2.85. The van der Waals surface area contributed by atoms with Crippen molar-refractivity contribution in [3.05, 3.63) is 26.9 Å².